The normalized spacial score (nSPS) is 15.1. The Bertz CT molecular complexity index is 1240. The number of likely N-dealkylation sites (tertiary alicyclic amines) is 1. The van der Waals surface area contributed by atoms with E-state index in [-0.39, 0.29) is 11.5 Å². The summed E-state index contributed by atoms with van der Waals surface area (Å²) in [5, 5.41) is 12.4. The lowest BCUT2D eigenvalue weighted by Crippen LogP contribution is -2.40. The molecule has 1 unspecified atom stereocenters. The summed E-state index contributed by atoms with van der Waals surface area (Å²) in [6, 6.07) is 21.8. The number of amides is 1. The summed E-state index contributed by atoms with van der Waals surface area (Å²) in [6.07, 6.45) is 2.55. The first-order valence-electron chi connectivity index (χ1n) is 12.2. The van der Waals surface area contributed by atoms with Crippen LogP contribution in [-0.2, 0) is 11.2 Å². The molecule has 1 saturated heterocycles. The molecule has 1 amide bonds. The van der Waals surface area contributed by atoms with Crippen LogP contribution in [-0.4, -0.2) is 46.6 Å². The van der Waals surface area contributed by atoms with Gasteiger partial charge in [-0.2, -0.15) is 0 Å². The topological polar surface area (TPSA) is 88.1 Å². The molecule has 4 rings (SSSR count). The predicted molar refractivity (Wildman–Crippen MR) is 147 cm³/mol. The summed E-state index contributed by atoms with van der Waals surface area (Å²) in [4.78, 5) is 25.4. The molecule has 2 N–H and O–H groups in total. The van der Waals surface area contributed by atoms with Gasteiger partial charge in [-0.1, -0.05) is 36.5 Å². The molecule has 7 nitrogen and oxygen atoms in total. The van der Waals surface area contributed by atoms with Gasteiger partial charge in [0.25, 0.3) is 0 Å². The van der Waals surface area contributed by atoms with Gasteiger partial charge in [-0.3, -0.25) is 4.79 Å². The van der Waals surface area contributed by atoms with Crippen molar-refractivity contribution in [3.8, 4) is 17.2 Å². The molecule has 1 atom stereocenters. The molecule has 1 aliphatic rings. The Morgan fingerprint density at radius 1 is 1.00 bits per heavy atom. The van der Waals surface area contributed by atoms with Crippen LogP contribution in [0.3, 0.4) is 0 Å². The van der Waals surface area contributed by atoms with E-state index in [1.54, 1.807) is 25.1 Å². The van der Waals surface area contributed by atoms with Crippen molar-refractivity contribution < 1.29 is 24.2 Å². The van der Waals surface area contributed by atoms with Gasteiger partial charge in [-0.25, -0.2) is 4.79 Å². The van der Waals surface area contributed by atoms with Crippen LogP contribution < -0.4 is 14.8 Å². The fourth-order valence-electron chi connectivity index (χ4n) is 4.27. The van der Waals surface area contributed by atoms with Crippen LogP contribution in [0.5, 0.6) is 17.2 Å². The summed E-state index contributed by atoms with van der Waals surface area (Å²) < 4.78 is 11.9. The minimum absolute atomic E-state index is 0.125. The number of nitrogens with one attached hydrogen (secondary N) is 1. The van der Waals surface area contributed by atoms with Crippen LogP contribution in [0.1, 0.15) is 35.7 Å². The zero-order valence-corrected chi connectivity index (χ0v) is 21.5. The van der Waals surface area contributed by atoms with Gasteiger partial charge in [0.2, 0.25) is 5.91 Å². The molecule has 8 heteroatoms. The van der Waals surface area contributed by atoms with Crippen LogP contribution in [0.2, 0.25) is 0 Å². The maximum absolute atomic E-state index is 11.6. The lowest BCUT2D eigenvalue weighted by molar-refractivity contribution is -0.130. The number of rotatable bonds is 9. The Morgan fingerprint density at radius 2 is 1.65 bits per heavy atom. The number of piperidine rings is 1. The second-order valence-corrected chi connectivity index (χ2v) is 9.57. The third kappa shape index (κ3) is 7.54. The fraction of sp³-hybridized carbons (Fsp3) is 0.276. The van der Waals surface area contributed by atoms with Crippen LogP contribution in [0.25, 0.3) is 0 Å². The van der Waals surface area contributed by atoms with E-state index in [9.17, 15) is 14.7 Å². The van der Waals surface area contributed by atoms with E-state index in [0.29, 0.717) is 41.1 Å². The largest absolute Gasteiger partial charge is 0.493 e. The lowest BCUT2D eigenvalue weighted by atomic mass is 9.99. The number of hydrogen-bond acceptors (Lipinski definition) is 5. The van der Waals surface area contributed by atoms with Crippen LogP contribution in [0, 0.1) is 5.92 Å². The van der Waals surface area contributed by atoms with Crippen molar-refractivity contribution in [1.29, 1.82) is 0 Å². The number of carboxylic acid groups (broad SMARTS) is 1. The van der Waals surface area contributed by atoms with Gasteiger partial charge in [-0.05, 0) is 66.9 Å². The molecule has 0 radical (unpaired) electrons. The van der Waals surface area contributed by atoms with Gasteiger partial charge in [0, 0.05) is 32.4 Å². The molecule has 3 aromatic rings. The van der Waals surface area contributed by atoms with Gasteiger partial charge in [0.15, 0.2) is 0 Å². The first-order valence-corrected chi connectivity index (χ1v) is 12.7. The van der Waals surface area contributed by atoms with Crippen LogP contribution >= 0.6 is 12.2 Å². The minimum atomic E-state index is -1.00. The molecule has 0 spiro atoms. The van der Waals surface area contributed by atoms with Crippen molar-refractivity contribution in [3.63, 3.8) is 0 Å². The van der Waals surface area contributed by atoms with Crippen molar-refractivity contribution in [2.24, 2.45) is 5.92 Å². The molecule has 0 aromatic heterocycles. The van der Waals surface area contributed by atoms with Crippen molar-refractivity contribution in [2.45, 2.75) is 26.2 Å². The van der Waals surface area contributed by atoms with E-state index in [2.05, 4.69) is 5.32 Å². The number of para-hydroxylation sites is 1. The van der Waals surface area contributed by atoms with E-state index in [1.807, 2.05) is 53.4 Å². The number of ether oxygens (including phenoxy) is 2. The number of carbonyl (C=O) groups is 2. The minimum Gasteiger partial charge on any atom is -0.493 e. The number of benzene rings is 3. The van der Waals surface area contributed by atoms with Crippen molar-refractivity contribution in [1.82, 2.24) is 4.90 Å². The Balaban J connectivity index is 1.26. The monoisotopic (exact) mass is 518 g/mol. The third-order valence-corrected chi connectivity index (χ3v) is 6.48. The second kappa shape index (κ2) is 12.4. The number of hydrogen-bond donors (Lipinski definition) is 2. The number of thiocarbonyl (C=S) groups is 1. The standard InChI is InChI=1S/C29H30N2O5S/c1-20(32)31-16-4-5-22(18-31)19-35-23-12-14-25(15-13-23)36-24-10-8-21(9-11-24)17-28(37)30-27-7-3-2-6-26(27)29(33)34/h2-3,6-15,22H,4-5,16-19H2,1H3,(H,30,37)(H,33,34). The van der Waals surface area contributed by atoms with Gasteiger partial charge in [0.1, 0.15) is 17.2 Å². The number of carbonyl (C=O) groups excluding carboxylic acids is 1. The maximum atomic E-state index is 11.6. The molecule has 1 fully saturated rings. The third-order valence-electron chi connectivity index (χ3n) is 6.23. The molecule has 0 saturated carbocycles. The molecule has 3 aromatic carbocycles. The summed E-state index contributed by atoms with van der Waals surface area (Å²) in [6.45, 7) is 3.79. The van der Waals surface area contributed by atoms with E-state index >= 15 is 0 Å². The Labute approximate surface area is 222 Å². The number of anilines is 1. The second-order valence-electron chi connectivity index (χ2n) is 9.08. The average Bonchev–Trinajstić information content (AvgIpc) is 2.90. The molecule has 1 heterocycles. The quantitative estimate of drug-likeness (QED) is 0.346. The van der Waals surface area contributed by atoms with E-state index in [0.717, 1.165) is 37.2 Å². The summed E-state index contributed by atoms with van der Waals surface area (Å²) in [5.74, 6) is 1.63. The Kier molecular flexibility index (Phi) is 8.74. The Morgan fingerprint density at radius 3 is 2.32 bits per heavy atom. The summed E-state index contributed by atoms with van der Waals surface area (Å²) >= 11 is 5.43. The maximum Gasteiger partial charge on any atom is 0.337 e. The summed E-state index contributed by atoms with van der Waals surface area (Å²) in [5.41, 5.74) is 1.63. The van der Waals surface area contributed by atoms with Crippen LogP contribution in [0.4, 0.5) is 5.69 Å². The van der Waals surface area contributed by atoms with E-state index in [4.69, 9.17) is 21.7 Å². The van der Waals surface area contributed by atoms with Gasteiger partial charge >= 0.3 is 5.97 Å². The number of carboxylic acids is 1. The molecule has 1 aliphatic heterocycles. The summed E-state index contributed by atoms with van der Waals surface area (Å²) in [7, 11) is 0. The van der Waals surface area contributed by atoms with Crippen LogP contribution in [0.15, 0.2) is 72.8 Å². The molecule has 0 bridgehead atoms. The highest BCUT2D eigenvalue weighted by Gasteiger charge is 2.22. The van der Waals surface area contributed by atoms with E-state index < -0.39 is 5.97 Å². The first kappa shape index (κ1) is 26.2. The van der Waals surface area contributed by atoms with Gasteiger partial charge in [0.05, 0.1) is 22.8 Å². The van der Waals surface area contributed by atoms with Crippen molar-refractivity contribution in [3.05, 3.63) is 83.9 Å². The fourth-order valence-corrected chi connectivity index (χ4v) is 4.55. The molecule has 37 heavy (non-hydrogen) atoms. The zero-order valence-electron chi connectivity index (χ0n) is 20.7. The predicted octanol–water partition coefficient (Wildman–Crippen LogP) is 5.80. The highest BCUT2D eigenvalue weighted by atomic mass is 32.1. The molecular weight excluding hydrogens is 488 g/mol. The lowest BCUT2D eigenvalue weighted by Gasteiger charge is -2.31. The number of aromatic carboxylic acids is 1. The smallest absolute Gasteiger partial charge is 0.337 e. The molecular formula is C29H30N2O5S. The highest BCUT2D eigenvalue weighted by molar-refractivity contribution is 7.80. The Hall–Kier alpha value is -3.91. The van der Waals surface area contributed by atoms with Gasteiger partial charge in [-0.15, -0.1) is 0 Å². The van der Waals surface area contributed by atoms with Crippen molar-refractivity contribution in [2.75, 3.05) is 25.0 Å². The first-order chi connectivity index (χ1) is 17.9. The molecule has 192 valence electrons. The average molecular weight is 519 g/mol. The van der Waals surface area contributed by atoms with Gasteiger partial charge < -0.3 is 24.8 Å². The van der Waals surface area contributed by atoms with Crippen molar-refractivity contribution >= 4 is 34.8 Å². The molecule has 0 aliphatic carbocycles. The SMILES string of the molecule is CC(=O)N1CCCC(COc2ccc(Oc3ccc(CC(=S)Nc4ccccc4C(=O)O)cc3)cc2)C1. The number of nitrogens with zero attached hydrogens (tertiary/aromatic N) is 1. The highest BCUT2D eigenvalue weighted by Crippen LogP contribution is 2.26. The van der Waals surface area contributed by atoms with E-state index in [1.165, 1.54) is 6.07 Å². The zero-order chi connectivity index (χ0) is 26.2.